The van der Waals surface area contributed by atoms with Crippen LogP contribution in [0.1, 0.15) is 48.5 Å². The lowest BCUT2D eigenvalue weighted by Crippen LogP contribution is -2.19. The molecule has 0 aromatic heterocycles. The van der Waals surface area contributed by atoms with E-state index in [4.69, 9.17) is 10.2 Å². The van der Waals surface area contributed by atoms with Gasteiger partial charge in [0.25, 0.3) is 20.0 Å². The summed E-state index contributed by atoms with van der Waals surface area (Å²) in [5.41, 5.74) is 2.23. The van der Waals surface area contributed by atoms with Crippen LogP contribution in [0, 0.1) is 11.6 Å². The van der Waals surface area contributed by atoms with Crippen LogP contribution in [0.4, 0.5) is 33.3 Å². The van der Waals surface area contributed by atoms with E-state index in [2.05, 4.69) is 9.44 Å². The summed E-state index contributed by atoms with van der Waals surface area (Å²) in [6.45, 7) is 0. The molecule has 6 aromatic carbocycles. The molecule has 0 saturated heterocycles. The number of rotatable bonds is 14. The van der Waals surface area contributed by atoms with Crippen LogP contribution in [0.5, 0.6) is 0 Å². The second-order valence-corrected chi connectivity index (χ2v) is 16.4. The van der Waals surface area contributed by atoms with Crippen LogP contribution in [0.25, 0.3) is 0 Å². The largest absolute Gasteiger partial charge is 0.478 e. The molecule has 6 aromatic rings. The maximum absolute atomic E-state index is 13.9. The summed E-state index contributed by atoms with van der Waals surface area (Å²) in [5, 5.41) is 18.2. The third kappa shape index (κ3) is 11.8. The molecule has 0 aliphatic carbocycles. The van der Waals surface area contributed by atoms with E-state index in [1.54, 1.807) is 72.8 Å². The first-order valence-electron chi connectivity index (χ1n) is 17.8. The summed E-state index contributed by atoms with van der Waals surface area (Å²) in [4.78, 5) is 20.7. The van der Waals surface area contributed by atoms with Crippen LogP contribution >= 0.6 is 0 Å². The first kappa shape index (κ1) is 44.5. The molecule has 0 unspecified atom stereocenters. The van der Waals surface area contributed by atoms with E-state index in [1.807, 2.05) is 0 Å². The molecule has 4 N–H and O–H groups in total. The fraction of sp³-hybridized carbons (Fsp3) is 0.116. The van der Waals surface area contributed by atoms with E-state index >= 15 is 0 Å². The molecule has 10 nitrogen and oxygen atoms in total. The third-order valence-electron chi connectivity index (χ3n) is 8.90. The van der Waals surface area contributed by atoms with E-state index in [0.29, 0.717) is 42.9 Å². The lowest BCUT2D eigenvalue weighted by atomic mass is 10.0. The van der Waals surface area contributed by atoms with Gasteiger partial charge in [0.05, 0.1) is 33.0 Å². The summed E-state index contributed by atoms with van der Waals surface area (Å²) < 4.78 is 122. The van der Waals surface area contributed by atoms with Crippen molar-refractivity contribution in [1.82, 2.24) is 0 Å². The lowest BCUT2D eigenvalue weighted by molar-refractivity contribution is -0.139. The van der Waals surface area contributed by atoms with Crippen LogP contribution in [0.15, 0.2) is 149 Å². The normalized spacial score (nSPS) is 11.6. The number of hydrogen-bond donors (Lipinski definition) is 4. The van der Waals surface area contributed by atoms with E-state index < -0.39 is 65.2 Å². The van der Waals surface area contributed by atoms with Gasteiger partial charge in [0.2, 0.25) is 0 Å². The van der Waals surface area contributed by atoms with Crippen molar-refractivity contribution in [3.8, 4) is 0 Å². The smallest absolute Gasteiger partial charge is 0.417 e. The average Bonchev–Trinajstić information content (AvgIpc) is 3.20. The predicted octanol–water partition coefficient (Wildman–Crippen LogP) is 9.24. The van der Waals surface area contributed by atoms with Crippen molar-refractivity contribution < 1.29 is 58.6 Å². The minimum atomic E-state index is -4.82. The molecule has 0 aliphatic heterocycles. The van der Waals surface area contributed by atoms with E-state index in [-0.39, 0.29) is 22.5 Å². The molecule has 0 saturated carbocycles. The first-order chi connectivity index (χ1) is 28.3. The number of carbonyl (C=O) groups is 2. The Labute approximate surface area is 342 Å². The van der Waals surface area contributed by atoms with Gasteiger partial charge in [-0.05, 0) is 109 Å². The lowest BCUT2D eigenvalue weighted by Gasteiger charge is -2.16. The number of aromatic carboxylic acids is 2. The van der Waals surface area contributed by atoms with Gasteiger partial charge in [0, 0.05) is 6.07 Å². The molecule has 0 radical (unpaired) electrons. The SMILES string of the molecule is O=C(O)c1cccc(CCc2ccccc2NS(=O)(=O)c2ccc(F)cc2F)c1.O=C(O)c1cccc(CCc2ccccc2NS(=O)(=O)c2ccccc2C(F)(F)F)c1. The Kier molecular flexibility index (Phi) is 14.1. The van der Waals surface area contributed by atoms with E-state index in [0.717, 1.165) is 41.5 Å². The van der Waals surface area contributed by atoms with Gasteiger partial charge in [0.15, 0.2) is 0 Å². The molecule has 0 fully saturated rings. The molecule has 0 amide bonds. The number of alkyl halides is 3. The summed E-state index contributed by atoms with van der Waals surface area (Å²) in [5.74, 6) is -4.13. The van der Waals surface area contributed by atoms with Crippen LogP contribution < -0.4 is 9.44 Å². The quantitative estimate of drug-likeness (QED) is 0.0787. The zero-order chi connectivity index (χ0) is 43.7. The summed E-state index contributed by atoms with van der Waals surface area (Å²) in [7, 11) is -8.75. The molecule has 0 aliphatic rings. The van der Waals surface area contributed by atoms with Crippen molar-refractivity contribution in [2.45, 2.75) is 41.7 Å². The van der Waals surface area contributed by atoms with Gasteiger partial charge in [0.1, 0.15) is 16.5 Å². The van der Waals surface area contributed by atoms with Crippen molar-refractivity contribution >= 4 is 43.4 Å². The first-order valence-corrected chi connectivity index (χ1v) is 20.8. The Morgan fingerprint density at radius 3 is 1.43 bits per heavy atom. The highest BCUT2D eigenvalue weighted by Gasteiger charge is 2.37. The van der Waals surface area contributed by atoms with Gasteiger partial charge in [-0.25, -0.2) is 35.2 Å². The molecular weight excluding hydrogens is 832 g/mol. The van der Waals surface area contributed by atoms with Gasteiger partial charge >= 0.3 is 18.1 Å². The highest BCUT2D eigenvalue weighted by atomic mass is 32.2. The summed E-state index contributed by atoms with van der Waals surface area (Å²) in [6.07, 6.45) is -3.15. The number of carboxylic acids is 2. The maximum atomic E-state index is 13.9. The third-order valence-corrected chi connectivity index (χ3v) is 11.7. The number of aryl methyl sites for hydroxylation is 4. The number of nitrogens with one attached hydrogen (secondary N) is 2. The minimum Gasteiger partial charge on any atom is -0.478 e. The second kappa shape index (κ2) is 19.0. The van der Waals surface area contributed by atoms with Gasteiger partial charge < -0.3 is 10.2 Å². The van der Waals surface area contributed by atoms with Crippen molar-refractivity contribution in [1.29, 1.82) is 0 Å². The molecule has 0 spiro atoms. The van der Waals surface area contributed by atoms with Gasteiger partial charge in [-0.1, -0.05) is 72.8 Å². The number of para-hydroxylation sites is 2. The van der Waals surface area contributed by atoms with Crippen molar-refractivity contribution in [2.24, 2.45) is 0 Å². The topological polar surface area (TPSA) is 167 Å². The van der Waals surface area contributed by atoms with Gasteiger partial charge in [-0.2, -0.15) is 13.2 Å². The zero-order valence-corrected chi connectivity index (χ0v) is 32.8. The second-order valence-electron chi connectivity index (χ2n) is 13.1. The van der Waals surface area contributed by atoms with Crippen molar-refractivity contribution in [2.75, 3.05) is 9.44 Å². The molecular formula is C43H35F5N2O8S2. The number of benzene rings is 6. The monoisotopic (exact) mass is 866 g/mol. The standard InChI is InChI=1S/C22H18F3NO4S.C21H17F2NO4S/c23-22(24,25)18-9-2-4-11-20(18)31(29,30)26-19-10-3-1-7-16(19)13-12-15-6-5-8-17(14-15)21(27)28;22-17-10-11-20(18(23)13-17)29(27,28)24-19-7-2-1-5-15(19)9-8-14-4-3-6-16(12-14)21(25)26/h1-11,14,26H,12-13H2,(H,27,28);1-7,10-13,24H,8-9H2,(H,25,26). The maximum Gasteiger partial charge on any atom is 0.417 e. The molecule has 60 heavy (non-hydrogen) atoms. The van der Waals surface area contributed by atoms with E-state index in [9.17, 15) is 48.4 Å². The molecule has 312 valence electrons. The molecule has 0 bridgehead atoms. The molecule has 6 rings (SSSR count). The van der Waals surface area contributed by atoms with Gasteiger partial charge in [-0.15, -0.1) is 0 Å². The fourth-order valence-corrected chi connectivity index (χ4v) is 8.47. The Hall–Kier alpha value is -6.59. The number of halogens is 5. The van der Waals surface area contributed by atoms with E-state index in [1.165, 1.54) is 30.3 Å². The number of anilines is 2. The average molecular weight is 867 g/mol. The Balaban J connectivity index is 0.000000228. The van der Waals surface area contributed by atoms with Crippen LogP contribution in [-0.4, -0.2) is 39.0 Å². The number of hydrogen-bond acceptors (Lipinski definition) is 6. The molecule has 0 heterocycles. The molecule has 17 heteroatoms. The number of sulfonamides is 2. The fourth-order valence-electron chi connectivity index (χ4n) is 5.98. The van der Waals surface area contributed by atoms with Crippen molar-refractivity contribution in [3.63, 3.8) is 0 Å². The zero-order valence-electron chi connectivity index (χ0n) is 31.2. The summed E-state index contributed by atoms with van der Waals surface area (Å²) in [6, 6.07) is 32.1. The van der Waals surface area contributed by atoms with Crippen LogP contribution in [-0.2, 0) is 51.9 Å². The minimum absolute atomic E-state index is 0.134. The molecule has 0 atom stereocenters. The highest BCUT2D eigenvalue weighted by molar-refractivity contribution is 7.93. The highest BCUT2D eigenvalue weighted by Crippen LogP contribution is 2.35. The van der Waals surface area contributed by atoms with Crippen LogP contribution in [0.3, 0.4) is 0 Å². The van der Waals surface area contributed by atoms with Crippen LogP contribution in [0.2, 0.25) is 0 Å². The Morgan fingerprint density at radius 1 is 0.517 bits per heavy atom. The Morgan fingerprint density at radius 2 is 0.967 bits per heavy atom. The predicted molar refractivity (Wildman–Crippen MR) is 214 cm³/mol. The van der Waals surface area contributed by atoms with Gasteiger partial charge in [-0.3, -0.25) is 9.44 Å². The van der Waals surface area contributed by atoms with Crippen molar-refractivity contribution in [3.05, 3.63) is 190 Å². The Bertz CT molecular complexity index is 2750. The number of carboxylic acid groups (broad SMARTS) is 2. The summed E-state index contributed by atoms with van der Waals surface area (Å²) >= 11 is 0.